The average Bonchev–Trinajstić information content (AvgIpc) is 2.33. The summed E-state index contributed by atoms with van der Waals surface area (Å²) in [6.45, 7) is 3.06. The molecular formula is C15H20N2O. The van der Waals surface area contributed by atoms with Crippen molar-refractivity contribution in [2.45, 2.75) is 38.8 Å². The van der Waals surface area contributed by atoms with Crippen LogP contribution >= 0.6 is 0 Å². The number of nitrogens with zero attached hydrogens (tertiary/aromatic N) is 1. The number of rotatable bonds is 5. The van der Waals surface area contributed by atoms with Crippen molar-refractivity contribution in [1.29, 1.82) is 5.26 Å². The van der Waals surface area contributed by atoms with Crippen LogP contribution in [0.3, 0.4) is 0 Å². The van der Waals surface area contributed by atoms with Gasteiger partial charge in [0.1, 0.15) is 11.8 Å². The van der Waals surface area contributed by atoms with Crippen LogP contribution in [-0.4, -0.2) is 13.2 Å². The topological polar surface area (TPSA) is 45.0 Å². The number of nitrogens with one attached hydrogen (secondary N) is 1. The van der Waals surface area contributed by atoms with E-state index >= 15 is 0 Å². The van der Waals surface area contributed by atoms with E-state index in [1.54, 1.807) is 7.11 Å². The highest BCUT2D eigenvalue weighted by Crippen LogP contribution is 2.29. The van der Waals surface area contributed by atoms with Gasteiger partial charge in [-0.3, -0.25) is 0 Å². The predicted molar refractivity (Wildman–Crippen MR) is 71.4 cm³/mol. The molecule has 1 unspecified atom stereocenters. The molecule has 0 bridgehead atoms. The molecular weight excluding hydrogens is 224 g/mol. The Morgan fingerprint density at radius 2 is 2.28 bits per heavy atom. The lowest BCUT2D eigenvalue weighted by molar-refractivity contribution is 0.240. The first kappa shape index (κ1) is 12.9. The maximum atomic E-state index is 9.04. The Labute approximate surface area is 109 Å². The lowest BCUT2D eigenvalue weighted by atomic mass is 9.80. The molecule has 96 valence electrons. The van der Waals surface area contributed by atoms with Crippen LogP contribution in [0.25, 0.3) is 0 Å². The molecule has 2 rings (SSSR count). The fourth-order valence-electron chi connectivity index (χ4n) is 2.34. The van der Waals surface area contributed by atoms with Crippen LogP contribution in [-0.2, 0) is 6.54 Å². The van der Waals surface area contributed by atoms with Crippen LogP contribution in [0, 0.1) is 17.2 Å². The van der Waals surface area contributed by atoms with Crippen molar-refractivity contribution in [3.8, 4) is 11.8 Å². The SMILES string of the molecule is COc1ccc(CNC(C)C2CCC2)cc1C#N. The second-order valence-corrected chi connectivity index (χ2v) is 5.01. The normalized spacial score (nSPS) is 16.7. The van der Waals surface area contributed by atoms with Crippen molar-refractivity contribution in [1.82, 2.24) is 5.32 Å². The molecule has 1 saturated carbocycles. The Kier molecular flexibility index (Phi) is 4.22. The maximum Gasteiger partial charge on any atom is 0.136 e. The van der Waals surface area contributed by atoms with Crippen LogP contribution in [0.1, 0.15) is 37.3 Å². The largest absolute Gasteiger partial charge is 0.495 e. The number of nitriles is 1. The Bertz CT molecular complexity index is 446. The highest BCUT2D eigenvalue weighted by Gasteiger charge is 2.23. The van der Waals surface area contributed by atoms with E-state index < -0.39 is 0 Å². The lowest BCUT2D eigenvalue weighted by Gasteiger charge is -2.32. The molecule has 0 spiro atoms. The minimum absolute atomic E-state index is 0.561. The van der Waals surface area contributed by atoms with Gasteiger partial charge >= 0.3 is 0 Å². The van der Waals surface area contributed by atoms with Gasteiger partial charge in [0, 0.05) is 12.6 Å². The van der Waals surface area contributed by atoms with Gasteiger partial charge in [0.25, 0.3) is 0 Å². The summed E-state index contributed by atoms with van der Waals surface area (Å²) in [6, 6.07) is 8.51. The number of ether oxygens (including phenoxy) is 1. The summed E-state index contributed by atoms with van der Waals surface area (Å²) in [5, 5.41) is 12.6. The molecule has 3 heteroatoms. The van der Waals surface area contributed by atoms with Gasteiger partial charge in [0.15, 0.2) is 0 Å². The standard InChI is InChI=1S/C15H20N2O/c1-11(13-4-3-5-13)17-10-12-6-7-15(18-2)14(8-12)9-16/h6-8,11,13,17H,3-5,10H2,1-2H3. The minimum Gasteiger partial charge on any atom is -0.495 e. The molecule has 18 heavy (non-hydrogen) atoms. The van der Waals surface area contributed by atoms with E-state index in [4.69, 9.17) is 10.00 Å². The Morgan fingerprint density at radius 3 is 2.83 bits per heavy atom. The van der Waals surface area contributed by atoms with Gasteiger partial charge in [-0.15, -0.1) is 0 Å². The molecule has 0 radical (unpaired) electrons. The third kappa shape index (κ3) is 2.83. The van der Waals surface area contributed by atoms with Crippen LogP contribution in [0.4, 0.5) is 0 Å². The number of benzene rings is 1. The van der Waals surface area contributed by atoms with E-state index in [0.717, 1.165) is 18.0 Å². The first-order valence-corrected chi connectivity index (χ1v) is 6.55. The monoisotopic (exact) mass is 244 g/mol. The van der Waals surface area contributed by atoms with E-state index in [1.165, 1.54) is 19.3 Å². The van der Waals surface area contributed by atoms with Crippen LogP contribution in [0.5, 0.6) is 5.75 Å². The zero-order chi connectivity index (χ0) is 13.0. The summed E-state index contributed by atoms with van der Waals surface area (Å²) in [5.41, 5.74) is 1.74. The zero-order valence-electron chi connectivity index (χ0n) is 11.1. The van der Waals surface area contributed by atoms with Crippen molar-refractivity contribution in [3.63, 3.8) is 0 Å². The first-order valence-electron chi connectivity index (χ1n) is 6.55. The van der Waals surface area contributed by atoms with Gasteiger partial charge in [-0.25, -0.2) is 0 Å². The first-order chi connectivity index (χ1) is 8.74. The van der Waals surface area contributed by atoms with E-state index in [1.807, 2.05) is 18.2 Å². The van der Waals surface area contributed by atoms with Gasteiger partial charge in [-0.2, -0.15) is 5.26 Å². The van der Waals surface area contributed by atoms with Crippen molar-refractivity contribution < 1.29 is 4.74 Å². The molecule has 0 saturated heterocycles. The van der Waals surface area contributed by atoms with Crippen LogP contribution in [0.2, 0.25) is 0 Å². The molecule has 1 atom stereocenters. The molecule has 1 aliphatic rings. The van der Waals surface area contributed by atoms with E-state index in [2.05, 4.69) is 18.3 Å². The summed E-state index contributed by atoms with van der Waals surface area (Å²) in [7, 11) is 1.59. The van der Waals surface area contributed by atoms with Crippen LogP contribution < -0.4 is 10.1 Å². The number of hydrogen-bond acceptors (Lipinski definition) is 3. The van der Waals surface area contributed by atoms with Gasteiger partial charge < -0.3 is 10.1 Å². The Hall–Kier alpha value is -1.53. The summed E-state index contributed by atoms with van der Waals surface area (Å²) in [4.78, 5) is 0. The fourth-order valence-corrected chi connectivity index (χ4v) is 2.34. The molecule has 0 aliphatic heterocycles. The van der Waals surface area contributed by atoms with Gasteiger partial charge in [0.2, 0.25) is 0 Å². The van der Waals surface area contributed by atoms with Crippen molar-refractivity contribution in [3.05, 3.63) is 29.3 Å². The fraction of sp³-hybridized carbons (Fsp3) is 0.533. The second kappa shape index (κ2) is 5.88. The molecule has 1 aliphatic carbocycles. The van der Waals surface area contributed by atoms with Crippen LogP contribution in [0.15, 0.2) is 18.2 Å². The third-order valence-electron chi connectivity index (χ3n) is 3.87. The molecule has 0 aromatic heterocycles. The molecule has 3 nitrogen and oxygen atoms in total. The van der Waals surface area contributed by atoms with Gasteiger partial charge in [-0.1, -0.05) is 12.5 Å². The van der Waals surface area contributed by atoms with E-state index in [-0.39, 0.29) is 0 Å². The smallest absolute Gasteiger partial charge is 0.136 e. The molecule has 1 aromatic carbocycles. The molecule has 1 fully saturated rings. The van der Waals surface area contributed by atoms with Gasteiger partial charge in [0.05, 0.1) is 12.7 Å². The lowest BCUT2D eigenvalue weighted by Crippen LogP contribution is -2.36. The predicted octanol–water partition coefficient (Wildman–Crippen LogP) is 2.85. The molecule has 0 amide bonds. The molecule has 1 aromatic rings. The van der Waals surface area contributed by atoms with Crippen molar-refractivity contribution in [2.75, 3.05) is 7.11 Å². The number of methoxy groups -OCH3 is 1. The Morgan fingerprint density at radius 1 is 1.50 bits per heavy atom. The van der Waals surface area contributed by atoms with E-state index in [9.17, 15) is 0 Å². The van der Waals surface area contributed by atoms with Crippen molar-refractivity contribution >= 4 is 0 Å². The highest BCUT2D eigenvalue weighted by molar-refractivity contribution is 5.45. The Balaban J connectivity index is 1.95. The van der Waals surface area contributed by atoms with Crippen molar-refractivity contribution in [2.24, 2.45) is 5.92 Å². The summed E-state index contributed by atoms with van der Waals surface area (Å²) >= 11 is 0. The number of hydrogen-bond donors (Lipinski definition) is 1. The van der Waals surface area contributed by atoms with E-state index in [0.29, 0.717) is 17.4 Å². The molecule has 0 heterocycles. The zero-order valence-corrected chi connectivity index (χ0v) is 11.1. The quantitative estimate of drug-likeness (QED) is 0.866. The summed E-state index contributed by atoms with van der Waals surface area (Å²) in [5.74, 6) is 1.48. The highest BCUT2D eigenvalue weighted by atomic mass is 16.5. The average molecular weight is 244 g/mol. The summed E-state index contributed by atoms with van der Waals surface area (Å²) < 4.78 is 5.14. The minimum atomic E-state index is 0.561. The summed E-state index contributed by atoms with van der Waals surface area (Å²) in [6.07, 6.45) is 4.07. The maximum absolute atomic E-state index is 9.04. The second-order valence-electron chi connectivity index (χ2n) is 5.01. The molecule has 1 N–H and O–H groups in total. The van der Waals surface area contributed by atoms with Gasteiger partial charge in [-0.05, 0) is 43.4 Å². The third-order valence-corrected chi connectivity index (χ3v) is 3.87.